The van der Waals surface area contributed by atoms with Gasteiger partial charge in [0.25, 0.3) is 11.1 Å². The normalized spacial score (nSPS) is 12.1. The summed E-state index contributed by atoms with van der Waals surface area (Å²) in [6.45, 7) is -0.371. The van der Waals surface area contributed by atoms with E-state index in [1.165, 1.54) is 25.4 Å². The van der Waals surface area contributed by atoms with E-state index in [-0.39, 0.29) is 39.7 Å². The Bertz CT molecular complexity index is 1490. The lowest BCUT2D eigenvalue weighted by molar-refractivity contribution is -0.142. The predicted molar refractivity (Wildman–Crippen MR) is 120 cm³/mol. The molecule has 0 saturated carbocycles. The lowest BCUT2D eigenvalue weighted by atomic mass is 10.1. The summed E-state index contributed by atoms with van der Waals surface area (Å²) in [5.74, 6) is -1.39. The number of hydrogen-bond acceptors (Lipinski definition) is 8. The Hall–Kier alpha value is -4.44. The van der Waals surface area contributed by atoms with Crippen LogP contribution in [0.25, 0.3) is 5.57 Å². The number of allylic oxidation sites excluding steroid dienone is 1. The SMILES string of the molecule is CN=CC(=CN)c1cc(Cn2cnc(C(F)(F)F)c(Oc3cc(Cl)cc(C#N)c3)c2=O)n[nH]c1=O. The van der Waals surface area contributed by atoms with Gasteiger partial charge in [-0.15, -0.1) is 0 Å². The van der Waals surface area contributed by atoms with Crippen LogP contribution in [0.3, 0.4) is 0 Å². The molecule has 180 valence electrons. The molecule has 0 atom stereocenters. The van der Waals surface area contributed by atoms with Crippen molar-refractivity contribution in [1.29, 1.82) is 5.26 Å². The quantitative estimate of drug-likeness (QED) is 0.488. The first-order valence-corrected chi connectivity index (χ1v) is 9.93. The smallest absolute Gasteiger partial charge is 0.437 e. The summed E-state index contributed by atoms with van der Waals surface area (Å²) in [7, 11) is 1.47. The first kappa shape index (κ1) is 25.2. The van der Waals surface area contributed by atoms with Gasteiger partial charge in [0.2, 0.25) is 5.75 Å². The number of aromatic nitrogens is 4. The van der Waals surface area contributed by atoms with Gasteiger partial charge in [-0.25, -0.2) is 10.1 Å². The molecule has 0 fully saturated rings. The number of nitrogens with zero attached hydrogens (tertiary/aromatic N) is 5. The number of nitrogens with one attached hydrogen (secondary N) is 1. The van der Waals surface area contributed by atoms with E-state index in [9.17, 15) is 22.8 Å². The predicted octanol–water partition coefficient (Wildman–Crippen LogP) is 2.71. The van der Waals surface area contributed by atoms with E-state index in [4.69, 9.17) is 27.3 Å². The number of hydrogen-bond donors (Lipinski definition) is 2. The van der Waals surface area contributed by atoms with E-state index in [0.29, 0.717) is 6.33 Å². The number of nitrogens with two attached hydrogens (primary N) is 1. The van der Waals surface area contributed by atoms with Crippen LogP contribution in [0, 0.1) is 11.3 Å². The second-order valence-corrected chi connectivity index (χ2v) is 7.29. The Kier molecular flexibility index (Phi) is 7.36. The van der Waals surface area contributed by atoms with Crippen LogP contribution >= 0.6 is 11.6 Å². The molecule has 10 nitrogen and oxygen atoms in total. The summed E-state index contributed by atoms with van der Waals surface area (Å²) in [4.78, 5) is 32.2. The third kappa shape index (κ3) is 5.74. The molecule has 0 amide bonds. The molecule has 2 aromatic heterocycles. The number of alkyl halides is 3. The van der Waals surface area contributed by atoms with Crippen molar-refractivity contribution in [2.24, 2.45) is 10.7 Å². The van der Waals surface area contributed by atoms with Gasteiger partial charge in [0.15, 0.2) is 5.69 Å². The van der Waals surface area contributed by atoms with Gasteiger partial charge in [-0.3, -0.25) is 19.1 Å². The molecule has 0 bridgehead atoms. The topological polar surface area (TPSA) is 152 Å². The Labute approximate surface area is 199 Å². The Balaban J connectivity index is 2.09. The minimum absolute atomic E-state index is 0.00891. The summed E-state index contributed by atoms with van der Waals surface area (Å²) in [5.41, 5.74) is 2.62. The van der Waals surface area contributed by atoms with Gasteiger partial charge < -0.3 is 10.5 Å². The molecule has 3 aromatic rings. The fraction of sp³-hybridized carbons (Fsp3) is 0.143. The van der Waals surface area contributed by atoms with E-state index in [1.54, 1.807) is 6.07 Å². The molecule has 3 N–H and O–H groups in total. The van der Waals surface area contributed by atoms with Crippen LogP contribution in [-0.4, -0.2) is 33.0 Å². The van der Waals surface area contributed by atoms with Gasteiger partial charge in [-0.05, 0) is 24.3 Å². The first-order valence-electron chi connectivity index (χ1n) is 9.55. The van der Waals surface area contributed by atoms with Crippen molar-refractivity contribution in [3.8, 4) is 17.6 Å². The molecule has 0 aliphatic rings. The van der Waals surface area contributed by atoms with Crippen molar-refractivity contribution in [2.75, 3.05) is 7.05 Å². The van der Waals surface area contributed by atoms with E-state index in [1.807, 2.05) is 0 Å². The summed E-state index contributed by atoms with van der Waals surface area (Å²) in [5, 5.41) is 15.1. The maximum Gasteiger partial charge on any atom is 0.437 e. The van der Waals surface area contributed by atoms with Crippen LogP contribution in [0.1, 0.15) is 22.5 Å². The van der Waals surface area contributed by atoms with Gasteiger partial charge in [-0.2, -0.15) is 23.5 Å². The van der Waals surface area contributed by atoms with E-state index in [2.05, 4.69) is 20.2 Å². The average Bonchev–Trinajstić information content (AvgIpc) is 2.80. The Morgan fingerprint density at radius 1 is 1.34 bits per heavy atom. The lowest BCUT2D eigenvalue weighted by Gasteiger charge is -2.15. The molecule has 0 spiro atoms. The molecule has 0 saturated heterocycles. The maximum atomic E-state index is 13.6. The monoisotopic (exact) mass is 505 g/mol. The van der Waals surface area contributed by atoms with Crippen LogP contribution in [0.4, 0.5) is 13.2 Å². The average molecular weight is 506 g/mol. The first-order chi connectivity index (χ1) is 16.6. The minimum atomic E-state index is -5.02. The fourth-order valence-corrected chi connectivity index (χ4v) is 3.16. The molecule has 0 unspecified atom stereocenters. The zero-order chi connectivity index (χ0) is 25.8. The van der Waals surface area contributed by atoms with E-state index in [0.717, 1.165) is 22.9 Å². The number of ether oxygens (including phenoxy) is 1. The highest BCUT2D eigenvalue weighted by atomic mass is 35.5. The molecule has 14 heteroatoms. The third-order valence-electron chi connectivity index (χ3n) is 4.43. The molecule has 1 aromatic carbocycles. The fourth-order valence-electron chi connectivity index (χ4n) is 2.94. The largest absolute Gasteiger partial charge is 0.449 e. The van der Waals surface area contributed by atoms with Crippen molar-refractivity contribution in [3.63, 3.8) is 0 Å². The minimum Gasteiger partial charge on any atom is -0.449 e. The lowest BCUT2D eigenvalue weighted by Crippen LogP contribution is -2.27. The number of nitriles is 1. The summed E-state index contributed by atoms with van der Waals surface area (Å²) in [6, 6.07) is 6.62. The zero-order valence-corrected chi connectivity index (χ0v) is 18.6. The molecule has 0 radical (unpaired) electrons. The van der Waals surface area contributed by atoms with Crippen molar-refractivity contribution in [1.82, 2.24) is 19.7 Å². The molecule has 0 aliphatic carbocycles. The molecular formula is C21H15ClF3N7O3. The number of halogens is 4. The van der Waals surface area contributed by atoms with E-state index < -0.39 is 28.7 Å². The standard InChI is InChI=1S/C21H15ClF3N7O3/c1-28-8-12(7-27)16-5-14(30-31-19(16)33)9-32-10-29-18(21(23,24)25)17(20(32)34)35-15-3-11(6-26)2-13(22)4-15/h2-5,7-8,10H,9,27H2,1H3,(H,31,33). The van der Waals surface area contributed by atoms with Crippen LogP contribution in [0.5, 0.6) is 11.5 Å². The third-order valence-corrected chi connectivity index (χ3v) is 4.65. The summed E-state index contributed by atoms with van der Waals surface area (Å²) >= 11 is 5.88. The van der Waals surface area contributed by atoms with Gasteiger partial charge >= 0.3 is 6.18 Å². The van der Waals surface area contributed by atoms with Crippen molar-refractivity contribution < 1.29 is 17.9 Å². The van der Waals surface area contributed by atoms with Crippen LogP contribution in [0.15, 0.2) is 51.4 Å². The second kappa shape index (κ2) is 10.2. The van der Waals surface area contributed by atoms with E-state index >= 15 is 0 Å². The maximum absolute atomic E-state index is 13.6. The highest BCUT2D eigenvalue weighted by molar-refractivity contribution is 6.30. The number of H-pyrrole nitrogens is 1. The highest BCUT2D eigenvalue weighted by Gasteiger charge is 2.38. The Morgan fingerprint density at radius 3 is 2.71 bits per heavy atom. The number of benzene rings is 1. The second-order valence-electron chi connectivity index (χ2n) is 6.85. The van der Waals surface area contributed by atoms with Crippen molar-refractivity contribution in [3.05, 3.63) is 85.0 Å². The van der Waals surface area contributed by atoms with Gasteiger partial charge in [0, 0.05) is 30.1 Å². The van der Waals surface area contributed by atoms with Crippen LogP contribution in [0.2, 0.25) is 5.02 Å². The van der Waals surface area contributed by atoms with Gasteiger partial charge in [0.05, 0.1) is 35.8 Å². The number of rotatable bonds is 6. The van der Waals surface area contributed by atoms with Gasteiger partial charge in [-0.1, -0.05) is 11.6 Å². The summed E-state index contributed by atoms with van der Waals surface area (Å²) in [6.07, 6.45) is -1.88. The molecule has 3 rings (SSSR count). The molecule has 0 aliphatic heterocycles. The molecule has 2 heterocycles. The summed E-state index contributed by atoms with van der Waals surface area (Å²) < 4.78 is 46.7. The number of aromatic amines is 1. The molecule has 35 heavy (non-hydrogen) atoms. The molecular weight excluding hydrogens is 491 g/mol. The zero-order valence-electron chi connectivity index (χ0n) is 17.8. The van der Waals surface area contributed by atoms with Gasteiger partial charge in [0.1, 0.15) is 5.75 Å². The van der Waals surface area contributed by atoms with Crippen LogP contribution in [-0.2, 0) is 12.7 Å². The van der Waals surface area contributed by atoms with Crippen LogP contribution < -0.4 is 21.6 Å². The Morgan fingerprint density at radius 2 is 2.09 bits per heavy atom. The number of aliphatic imine (C=N–C) groups is 1. The van der Waals surface area contributed by atoms with Crippen molar-refractivity contribution >= 4 is 23.4 Å². The van der Waals surface area contributed by atoms with Crippen molar-refractivity contribution in [2.45, 2.75) is 12.7 Å². The highest BCUT2D eigenvalue weighted by Crippen LogP contribution is 2.35.